The number of rotatable bonds is 2. The van der Waals surface area contributed by atoms with Gasteiger partial charge in [0, 0.05) is 12.3 Å². The topological polar surface area (TPSA) is 118 Å². The maximum atomic E-state index is 11.1. The lowest BCUT2D eigenvalue weighted by Gasteiger charge is -2.62. The third-order valence-corrected chi connectivity index (χ3v) is 13.7. The molecule has 4 saturated carbocycles. The molecule has 0 aromatic rings. The summed E-state index contributed by atoms with van der Waals surface area (Å²) in [6, 6.07) is 0. The van der Waals surface area contributed by atoms with E-state index in [9.17, 15) is 20.4 Å². The number of hydrogen-bond acceptors (Lipinski definition) is 8. The van der Waals surface area contributed by atoms with Gasteiger partial charge >= 0.3 is 0 Å². The largest absolute Gasteiger partial charge is 0.390 e. The van der Waals surface area contributed by atoms with Gasteiger partial charge in [-0.1, -0.05) is 27.7 Å². The molecule has 17 unspecified atom stereocenters. The lowest BCUT2D eigenvalue weighted by atomic mass is 9.44. The molecule has 1 spiro atoms. The number of hydrogen-bond donors (Lipinski definition) is 4. The summed E-state index contributed by atoms with van der Waals surface area (Å²) in [7, 11) is 0. The fourth-order valence-electron chi connectivity index (χ4n) is 11.5. The second-order valence-corrected chi connectivity index (χ2v) is 15.6. The summed E-state index contributed by atoms with van der Waals surface area (Å²) >= 11 is 0. The fraction of sp³-hybridized carbons (Fsp3) is 1.00. The van der Waals surface area contributed by atoms with Gasteiger partial charge in [0.2, 0.25) is 0 Å². The van der Waals surface area contributed by atoms with Crippen molar-refractivity contribution in [2.75, 3.05) is 13.2 Å². The first-order valence-electron chi connectivity index (χ1n) is 16.3. The summed E-state index contributed by atoms with van der Waals surface area (Å²) in [5, 5.41) is 41.6. The third-order valence-electron chi connectivity index (χ3n) is 13.7. The Morgan fingerprint density at radius 2 is 1.60 bits per heavy atom. The average molecular weight is 565 g/mol. The van der Waals surface area contributed by atoms with E-state index in [0.717, 1.165) is 32.3 Å². The van der Waals surface area contributed by atoms with Gasteiger partial charge in [0.15, 0.2) is 12.1 Å². The van der Waals surface area contributed by atoms with Gasteiger partial charge in [-0.05, 0) is 97.7 Å². The highest BCUT2D eigenvalue weighted by Crippen LogP contribution is 2.71. The van der Waals surface area contributed by atoms with E-state index in [0.29, 0.717) is 54.0 Å². The lowest BCUT2D eigenvalue weighted by molar-refractivity contribution is -0.301. The average Bonchev–Trinajstić information content (AvgIpc) is 3.36. The van der Waals surface area contributed by atoms with Gasteiger partial charge in [0.1, 0.15) is 18.3 Å². The minimum atomic E-state index is -1.34. The molecular formula is C32H52O8. The Morgan fingerprint density at radius 1 is 0.800 bits per heavy atom. The molecule has 3 saturated heterocycles. The Kier molecular flexibility index (Phi) is 7.00. The summed E-state index contributed by atoms with van der Waals surface area (Å²) < 4.78 is 25.2. The van der Waals surface area contributed by atoms with E-state index < -0.39 is 36.8 Å². The molecule has 228 valence electrons. The molecule has 0 bridgehead atoms. The second-order valence-electron chi connectivity index (χ2n) is 15.6. The van der Waals surface area contributed by atoms with E-state index in [-0.39, 0.29) is 23.2 Å². The van der Waals surface area contributed by atoms with E-state index in [1.165, 1.54) is 25.7 Å². The quantitative estimate of drug-likeness (QED) is 0.378. The van der Waals surface area contributed by atoms with Crippen LogP contribution in [0.4, 0.5) is 0 Å². The maximum absolute atomic E-state index is 11.1. The summed E-state index contributed by atoms with van der Waals surface area (Å²) in [5.74, 6) is 3.52. The first-order valence-corrected chi connectivity index (χ1v) is 16.3. The highest BCUT2D eigenvalue weighted by Gasteiger charge is 2.69. The van der Waals surface area contributed by atoms with E-state index >= 15 is 0 Å². The molecule has 8 heteroatoms. The van der Waals surface area contributed by atoms with Gasteiger partial charge in [0.25, 0.3) is 0 Å². The molecule has 40 heavy (non-hydrogen) atoms. The second kappa shape index (κ2) is 9.85. The first kappa shape index (κ1) is 28.5. The van der Waals surface area contributed by atoms with Crippen molar-refractivity contribution in [1.82, 2.24) is 0 Å². The Labute approximate surface area is 239 Å². The van der Waals surface area contributed by atoms with E-state index in [2.05, 4.69) is 27.7 Å². The zero-order chi connectivity index (χ0) is 28.2. The minimum Gasteiger partial charge on any atom is -0.390 e. The van der Waals surface area contributed by atoms with Crippen molar-refractivity contribution < 1.29 is 39.4 Å². The van der Waals surface area contributed by atoms with Crippen molar-refractivity contribution in [3.05, 3.63) is 0 Å². The van der Waals surface area contributed by atoms with Crippen LogP contribution in [0.15, 0.2) is 0 Å². The molecular weight excluding hydrogens is 512 g/mol. The Hall–Kier alpha value is -0.320. The highest BCUT2D eigenvalue weighted by atomic mass is 16.7. The molecule has 8 nitrogen and oxygen atoms in total. The van der Waals surface area contributed by atoms with Crippen LogP contribution in [-0.2, 0) is 18.9 Å². The molecule has 7 rings (SSSR count). The molecule has 0 radical (unpaired) electrons. The minimum absolute atomic E-state index is 0.0416. The van der Waals surface area contributed by atoms with Gasteiger partial charge in [-0.2, -0.15) is 0 Å². The van der Waals surface area contributed by atoms with Crippen molar-refractivity contribution in [3.8, 4) is 0 Å². The van der Waals surface area contributed by atoms with Crippen LogP contribution in [0, 0.1) is 52.3 Å². The number of aliphatic hydroxyl groups excluding tert-OH is 4. The van der Waals surface area contributed by atoms with Gasteiger partial charge < -0.3 is 39.4 Å². The monoisotopic (exact) mass is 564 g/mol. The molecule has 7 aliphatic rings. The van der Waals surface area contributed by atoms with E-state index in [1.807, 2.05) is 0 Å². The summed E-state index contributed by atoms with van der Waals surface area (Å²) in [6.07, 6.45) is 3.91. The SMILES string of the molecule is CC1CCC2(OC1)OC1CC3C4CCC5CC(O)C(OC6OCC(O)C(O)C6O)CC5(C)C4CCC3(C)C1C2C. The predicted octanol–water partition coefficient (Wildman–Crippen LogP) is 3.23. The summed E-state index contributed by atoms with van der Waals surface area (Å²) in [4.78, 5) is 0. The standard InChI is InChI=1S/C32H52O8/c1-16-7-10-32(38-14-16)17(2)26-24(40-32)12-21-19-6-5-18-11-22(33)25(39-29-28(36)27(35)23(34)15-37-29)13-31(18,4)20(19)8-9-30(21,26)3/h16-29,33-36H,5-15H2,1-4H3. The number of aliphatic hydroxyl groups is 4. The van der Waals surface area contributed by atoms with Crippen LogP contribution in [0.3, 0.4) is 0 Å². The molecule has 17 atom stereocenters. The number of fused-ring (bicyclic) bond motifs is 7. The predicted molar refractivity (Wildman–Crippen MR) is 146 cm³/mol. The van der Waals surface area contributed by atoms with Crippen LogP contribution >= 0.6 is 0 Å². The highest BCUT2D eigenvalue weighted by molar-refractivity contribution is 5.16. The van der Waals surface area contributed by atoms with Gasteiger partial charge in [-0.15, -0.1) is 0 Å². The van der Waals surface area contributed by atoms with Gasteiger partial charge in [-0.3, -0.25) is 0 Å². The fourth-order valence-corrected chi connectivity index (χ4v) is 11.5. The van der Waals surface area contributed by atoms with Gasteiger partial charge in [0.05, 0.1) is 31.5 Å². The van der Waals surface area contributed by atoms with Gasteiger partial charge in [-0.25, -0.2) is 0 Å². The van der Waals surface area contributed by atoms with Crippen molar-refractivity contribution >= 4 is 0 Å². The molecule has 7 fully saturated rings. The number of ether oxygens (including phenoxy) is 4. The van der Waals surface area contributed by atoms with Crippen LogP contribution in [0.1, 0.15) is 85.5 Å². The normalized spacial score (nSPS) is 61.5. The molecule has 4 N–H and O–H groups in total. The van der Waals surface area contributed by atoms with Crippen molar-refractivity contribution in [2.24, 2.45) is 52.3 Å². The van der Waals surface area contributed by atoms with Crippen molar-refractivity contribution in [3.63, 3.8) is 0 Å². The summed E-state index contributed by atoms with van der Waals surface area (Å²) in [5.41, 5.74) is 0.311. The molecule has 0 aromatic heterocycles. The molecule has 4 aliphatic carbocycles. The Bertz CT molecular complexity index is 953. The molecule has 0 amide bonds. The lowest BCUT2D eigenvalue weighted by Crippen LogP contribution is -2.59. The van der Waals surface area contributed by atoms with Crippen LogP contribution in [0.2, 0.25) is 0 Å². The van der Waals surface area contributed by atoms with Crippen LogP contribution in [0.25, 0.3) is 0 Å². The van der Waals surface area contributed by atoms with E-state index in [1.54, 1.807) is 0 Å². The Balaban J connectivity index is 1.09. The summed E-state index contributed by atoms with van der Waals surface area (Å²) in [6.45, 7) is 10.4. The van der Waals surface area contributed by atoms with Crippen LogP contribution in [-0.4, -0.2) is 82.3 Å². The third kappa shape index (κ3) is 4.06. The first-order chi connectivity index (χ1) is 19.0. The van der Waals surface area contributed by atoms with E-state index in [4.69, 9.17) is 18.9 Å². The van der Waals surface area contributed by atoms with Crippen molar-refractivity contribution in [2.45, 2.75) is 134 Å². The van der Waals surface area contributed by atoms with Crippen LogP contribution in [0.5, 0.6) is 0 Å². The molecule has 0 aromatic carbocycles. The molecule has 3 heterocycles. The Morgan fingerprint density at radius 3 is 2.35 bits per heavy atom. The zero-order valence-corrected chi connectivity index (χ0v) is 24.8. The smallest absolute Gasteiger partial charge is 0.186 e. The molecule has 3 aliphatic heterocycles. The van der Waals surface area contributed by atoms with Crippen LogP contribution < -0.4 is 0 Å². The maximum Gasteiger partial charge on any atom is 0.186 e. The zero-order valence-electron chi connectivity index (χ0n) is 24.8. The van der Waals surface area contributed by atoms with Crippen molar-refractivity contribution in [1.29, 1.82) is 0 Å².